The van der Waals surface area contributed by atoms with Gasteiger partial charge in [0.25, 0.3) is 0 Å². The third-order valence-corrected chi connectivity index (χ3v) is 14.4. The zero-order chi connectivity index (χ0) is 31.1. The Balaban J connectivity index is 1.45. The van der Waals surface area contributed by atoms with E-state index < -0.39 is 23.9 Å². The maximum atomic E-state index is 13.7. The number of carbonyl (C=O) groups excluding carboxylic acids is 2. The van der Waals surface area contributed by atoms with E-state index in [9.17, 15) is 24.9 Å². The lowest BCUT2D eigenvalue weighted by atomic mass is 9.36. The molecule has 0 bridgehead atoms. The molecule has 240 valence electrons. The van der Waals surface area contributed by atoms with Gasteiger partial charge >= 0.3 is 5.97 Å². The molecule has 6 heteroatoms. The summed E-state index contributed by atoms with van der Waals surface area (Å²) in [5.41, 5.74) is 2.97. The molecule has 0 aliphatic heterocycles. The molecule has 6 rings (SSSR count). The van der Waals surface area contributed by atoms with Crippen LogP contribution < -0.4 is 0 Å². The van der Waals surface area contributed by atoms with Gasteiger partial charge in [-0.05, 0) is 149 Å². The Bertz CT molecular complexity index is 1220. The van der Waals surface area contributed by atoms with Gasteiger partial charge < -0.3 is 20.1 Å². The fraction of sp³-hybridized carbons (Fsp3) is 0.838. The van der Waals surface area contributed by atoms with Crippen LogP contribution in [0.2, 0.25) is 0 Å². The molecule has 0 aromatic rings. The van der Waals surface area contributed by atoms with Crippen molar-refractivity contribution < 1.29 is 29.6 Å². The van der Waals surface area contributed by atoms with Gasteiger partial charge in [-0.25, -0.2) is 0 Å². The molecular weight excluding hydrogens is 540 g/mol. The maximum Gasteiger partial charge on any atom is 0.303 e. The van der Waals surface area contributed by atoms with Gasteiger partial charge in [0, 0.05) is 12.5 Å². The van der Waals surface area contributed by atoms with Gasteiger partial charge in [-0.3, -0.25) is 9.59 Å². The number of hydrogen-bond acceptors (Lipinski definition) is 6. The van der Waals surface area contributed by atoms with Crippen molar-refractivity contribution in [1.29, 1.82) is 0 Å². The average Bonchev–Trinajstić information content (AvgIpc) is 3.55. The molecule has 1 unspecified atom stereocenters. The Hall–Kier alpha value is -1.50. The Morgan fingerprint density at radius 3 is 2.19 bits per heavy atom. The third-order valence-electron chi connectivity index (χ3n) is 14.4. The quantitative estimate of drug-likeness (QED) is 0.193. The fourth-order valence-corrected chi connectivity index (χ4v) is 12.4. The molecule has 0 aromatic heterocycles. The highest BCUT2D eigenvalue weighted by molar-refractivity contribution is 5.95. The monoisotopic (exact) mass is 596 g/mol. The molecule has 0 spiro atoms. The number of fused-ring (bicyclic) bond motifs is 5. The van der Waals surface area contributed by atoms with Crippen molar-refractivity contribution in [3.8, 4) is 0 Å². The van der Waals surface area contributed by atoms with Crippen molar-refractivity contribution in [3.05, 3.63) is 22.3 Å². The van der Waals surface area contributed by atoms with Crippen LogP contribution in [0.5, 0.6) is 0 Å². The standard InChI is InChI=1S/C37H56O6/c1-21(38)31(25-13-9-12-24(18-25)23-10-7-8-11-23)32-26-19-27(40)33-34(3)16-15-30(41)37(6,42)29(34)14-17-35(33,4)36(26,5)20-28(32)43-22(2)39/h25-30,33,40-42H,7-20H2,1-6H3/b32-31+/t25?,26-,27+,28-,29+,30+,33-,34-,35-,36-,37+/m0/s1. The maximum absolute atomic E-state index is 13.7. The summed E-state index contributed by atoms with van der Waals surface area (Å²) in [7, 11) is 0. The van der Waals surface area contributed by atoms with Crippen molar-refractivity contribution in [3.63, 3.8) is 0 Å². The summed E-state index contributed by atoms with van der Waals surface area (Å²) >= 11 is 0. The summed E-state index contributed by atoms with van der Waals surface area (Å²) in [5, 5.41) is 34.5. The van der Waals surface area contributed by atoms with E-state index in [1.165, 1.54) is 32.6 Å². The highest BCUT2D eigenvalue weighted by Crippen LogP contribution is 2.75. The van der Waals surface area contributed by atoms with Crippen LogP contribution in [0.15, 0.2) is 22.3 Å². The van der Waals surface area contributed by atoms with Crippen LogP contribution in [-0.4, -0.2) is 51.0 Å². The van der Waals surface area contributed by atoms with Gasteiger partial charge in [0.15, 0.2) is 5.78 Å². The molecule has 6 aliphatic rings. The number of ether oxygens (including phenoxy) is 1. The number of hydrogen-bond donors (Lipinski definition) is 3. The largest absolute Gasteiger partial charge is 0.458 e. The average molecular weight is 597 g/mol. The zero-order valence-electron chi connectivity index (χ0n) is 27.5. The van der Waals surface area contributed by atoms with Gasteiger partial charge in [0.1, 0.15) is 6.10 Å². The predicted octanol–water partition coefficient (Wildman–Crippen LogP) is 6.60. The van der Waals surface area contributed by atoms with Gasteiger partial charge in [-0.2, -0.15) is 0 Å². The number of ketones is 1. The van der Waals surface area contributed by atoms with E-state index in [0.717, 1.165) is 56.1 Å². The molecule has 0 saturated heterocycles. The molecule has 0 radical (unpaired) electrons. The number of aliphatic hydroxyl groups is 3. The van der Waals surface area contributed by atoms with Crippen LogP contribution in [0.3, 0.4) is 0 Å². The molecule has 43 heavy (non-hydrogen) atoms. The number of rotatable bonds is 3. The smallest absolute Gasteiger partial charge is 0.303 e. The molecular formula is C37H56O6. The Labute approximate surface area is 258 Å². The first kappa shape index (κ1) is 31.5. The minimum atomic E-state index is -1.19. The molecule has 11 atom stereocenters. The van der Waals surface area contributed by atoms with Crippen LogP contribution >= 0.6 is 0 Å². The van der Waals surface area contributed by atoms with Crippen molar-refractivity contribution in [2.24, 2.45) is 39.9 Å². The van der Waals surface area contributed by atoms with Crippen LogP contribution in [0.1, 0.15) is 131 Å². The molecule has 0 aromatic carbocycles. The zero-order valence-corrected chi connectivity index (χ0v) is 27.5. The number of carbonyl (C=O) groups is 2. The van der Waals surface area contributed by atoms with E-state index in [2.05, 4.69) is 20.8 Å². The van der Waals surface area contributed by atoms with Crippen LogP contribution in [0.4, 0.5) is 0 Å². The number of esters is 1. The summed E-state index contributed by atoms with van der Waals surface area (Å²) in [6.07, 6.45) is 11.3. The second-order valence-corrected chi connectivity index (χ2v) is 16.5. The van der Waals surface area contributed by atoms with E-state index in [-0.39, 0.29) is 51.7 Å². The lowest BCUT2D eigenvalue weighted by Crippen LogP contribution is -2.69. The van der Waals surface area contributed by atoms with Gasteiger partial charge in [-0.15, -0.1) is 0 Å². The highest BCUT2D eigenvalue weighted by Gasteiger charge is 2.72. The van der Waals surface area contributed by atoms with Crippen LogP contribution in [0.25, 0.3) is 0 Å². The lowest BCUT2D eigenvalue weighted by molar-refractivity contribution is -0.266. The van der Waals surface area contributed by atoms with E-state index in [1.807, 2.05) is 0 Å². The molecule has 0 amide bonds. The van der Waals surface area contributed by atoms with E-state index in [0.29, 0.717) is 19.3 Å². The second-order valence-electron chi connectivity index (χ2n) is 16.5. The topological polar surface area (TPSA) is 104 Å². The van der Waals surface area contributed by atoms with Crippen molar-refractivity contribution in [2.75, 3.05) is 0 Å². The van der Waals surface area contributed by atoms with Crippen molar-refractivity contribution >= 4 is 11.8 Å². The fourth-order valence-electron chi connectivity index (χ4n) is 12.4. The second kappa shape index (κ2) is 10.8. The number of aliphatic hydroxyl groups excluding tert-OH is 2. The van der Waals surface area contributed by atoms with Crippen molar-refractivity contribution in [2.45, 2.75) is 155 Å². The first-order chi connectivity index (χ1) is 20.1. The van der Waals surface area contributed by atoms with Crippen LogP contribution in [0, 0.1) is 39.9 Å². The lowest BCUT2D eigenvalue weighted by Gasteiger charge is -2.69. The minimum absolute atomic E-state index is 0.0497. The highest BCUT2D eigenvalue weighted by atomic mass is 16.5. The van der Waals surface area contributed by atoms with E-state index in [1.54, 1.807) is 25.0 Å². The molecule has 3 N–H and O–H groups in total. The summed E-state index contributed by atoms with van der Waals surface area (Å²) in [4.78, 5) is 26.3. The summed E-state index contributed by atoms with van der Waals surface area (Å²) in [6.45, 7) is 11.9. The Morgan fingerprint density at radius 1 is 0.860 bits per heavy atom. The first-order valence-electron chi connectivity index (χ1n) is 17.4. The SMILES string of the molecule is CC(=O)O[C@H]1C[C@@]2(C)[C@@H](C[C@@H](O)[C@H]3[C@@]4(C)CC[C@@H](O)[C@](C)(O)[C@@H]4CC[C@@]32C)/C1=C(/C(C)=O)C1CCCC(=C2CCCC2)C1. The molecule has 6 nitrogen and oxygen atoms in total. The van der Waals surface area contributed by atoms with E-state index >= 15 is 0 Å². The number of allylic oxidation sites excluding steroid dienone is 3. The molecule has 6 fully saturated rings. The van der Waals surface area contributed by atoms with Crippen LogP contribution in [-0.2, 0) is 14.3 Å². The molecule has 6 aliphatic carbocycles. The summed E-state index contributed by atoms with van der Waals surface area (Å²) < 4.78 is 6.15. The van der Waals surface area contributed by atoms with E-state index in [4.69, 9.17) is 4.74 Å². The van der Waals surface area contributed by atoms with Crippen molar-refractivity contribution in [1.82, 2.24) is 0 Å². The normalized spacial score (nSPS) is 49.2. The predicted molar refractivity (Wildman–Crippen MR) is 166 cm³/mol. The minimum Gasteiger partial charge on any atom is -0.458 e. The molecule has 0 heterocycles. The Morgan fingerprint density at radius 2 is 1.53 bits per heavy atom. The summed E-state index contributed by atoms with van der Waals surface area (Å²) in [5.74, 6) is -0.309. The van der Waals surface area contributed by atoms with Gasteiger partial charge in [0.2, 0.25) is 0 Å². The first-order valence-corrected chi connectivity index (χ1v) is 17.4. The Kier molecular flexibility index (Phi) is 7.91. The van der Waals surface area contributed by atoms with Gasteiger partial charge in [0.05, 0.1) is 17.8 Å². The third kappa shape index (κ3) is 4.66. The molecule has 6 saturated carbocycles. The number of Topliss-reactive ketones (excluding diaryl/α,β-unsaturated/α-hetero) is 1. The van der Waals surface area contributed by atoms with Gasteiger partial charge in [-0.1, -0.05) is 31.9 Å². The summed E-state index contributed by atoms with van der Waals surface area (Å²) in [6, 6.07) is 0.